The lowest BCUT2D eigenvalue weighted by Crippen LogP contribution is -2.60. The van der Waals surface area contributed by atoms with Gasteiger partial charge in [0, 0.05) is 11.5 Å². The molecule has 276 valence electrons. The number of benzene rings is 3. The minimum Gasteiger partial charge on any atom is -0.502 e. The molecule has 0 unspecified atom stereocenters. The Morgan fingerprint density at radius 2 is 1.36 bits per heavy atom. The van der Waals surface area contributed by atoms with E-state index in [2.05, 4.69) is 0 Å². The van der Waals surface area contributed by atoms with Crippen LogP contribution in [0.5, 0.6) is 17.2 Å². The first-order chi connectivity index (χ1) is 25.0. The van der Waals surface area contributed by atoms with Gasteiger partial charge in [-0.25, -0.2) is 26.9 Å². The highest BCUT2D eigenvalue weighted by Gasteiger charge is 2.77. The predicted molar refractivity (Wildman–Crippen MR) is 177 cm³/mol. The Kier molecular flexibility index (Phi) is 8.41. The topological polar surface area (TPSA) is 131 Å². The van der Waals surface area contributed by atoms with Crippen molar-refractivity contribution in [2.45, 2.75) is 35.4 Å². The number of aromatic hydroxyl groups is 1. The number of hydrogen-bond donors (Lipinski definition) is 1. The molecule has 3 aromatic carbocycles. The molecular formula is C36H25Cl2F5N2O8. The van der Waals surface area contributed by atoms with Gasteiger partial charge in [-0.3, -0.25) is 28.9 Å². The van der Waals surface area contributed by atoms with Crippen molar-refractivity contribution in [3.63, 3.8) is 0 Å². The maximum atomic E-state index is 15.3. The summed E-state index contributed by atoms with van der Waals surface area (Å²) < 4.78 is 84.3. The highest BCUT2D eigenvalue weighted by Crippen LogP contribution is 2.66. The van der Waals surface area contributed by atoms with E-state index >= 15 is 8.78 Å². The number of allylic oxidation sites excluding steroid dienone is 2. The Hall–Kier alpha value is -5.02. The van der Waals surface area contributed by atoms with Crippen molar-refractivity contribution in [2.24, 2.45) is 17.8 Å². The number of hydrogen-bond acceptors (Lipinski definition) is 8. The van der Waals surface area contributed by atoms with E-state index in [0.29, 0.717) is 5.56 Å². The first-order valence-electron chi connectivity index (χ1n) is 15.9. The van der Waals surface area contributed by atoms with Gasteiger partial charge in [0.15, 0.2) is 50.3 Å². The second-order valence-electron chi connectivity index (χ2n) is 13.1. The Labute approximate surface area is 306 Å². The molecule has 2 aliphatic carbocycles. The Balaban J connectivity index is 1.44. The van der Waals surface area contributed by atoms with Gasteiger partial charge in [-0.1, -0.05) is 11.6 Å². The lowest BCUT2D eigenvalue weighted by molar-refractivity contribution is -0.125. The van der Waals surface area contributed by atoms with Crippen LogP contribution in [0.25, 0.3) is 0 Å². The second kappa shape index (κ2) is 12.3. The maximum absolute atomic E-state index is 15.3. The zero-order valence-electron chi connectivity index (χ0n) is 27.6. The third-order valence-corrected chi connectivity index (χ3v) is 12.0. The molecule has 2 aliphatic heterocycles. The molecule has 4 amide bonds. The SMILES string of the molecule is COc1cc([C@H]2C3=CC[C@@H]4C(=O)N(c5ccc(C(C)=O)cc5)C(=O)[C@@H]4[C@@H]3C[C@@]3(Cl)C(=O)N(c4c(F)c(F)c(F)c(F)c4F)C(=O)[C@@]23Cl)cc(OC)c1O. The molecule has 0 spiro atoms. The fraction of sp³-hybridized carbons (Fsp3) is 0.306. The normalized spacial score (nSPS) is 27.8. The van der Waals surface area contributed by atoms with E-state index < -0.39 is 104 Å². The van der Waals surface area contributed by atoms with Crippen LogP contribution in [0.15, 0.2) is 48.0 Å². The minimum atomic E-state index is -2.79. The van der Waals surface area contributed by atoms with Crippen molar-refractivity contribution < 1.29 is 60.5 Å². The molecule has 0 aromatic heterocycles. The molecule has 7 rings (SSSR count). The summed E-state index contributed by atoms with van der Waals surface area (Å²) in [5.74, 6) is -23.4. The van der Waals surface area contributed by atoms with Gasteiger partial charge >= 0.3 is 0 Å². The van der Waals surface area contributed by atoms with Gasteiger partial charge in [-0.15, -0.1) is 23.2 Å². The molecule has 53 heavy (non-hydrogen) atoms. The van der Waals surface area contributed by atoms with Crippen LogP contribution in [0, 0.1) is 46.8 Å². The Bertz CT molecular complexity index is 2180. The van der Waals surface area contributed by atoms with E-state index in [1.807, 2.05) is 0 Å². The van der Waals surface area contributed by atoms with Crippen LogP contribution in [0.1, 0.15) is 41.6 Å². The first kappa shape index (κ1) is 36.3. The molecule has 1 N–H and O–H groups in total. The Morgan fingerprint density at radius 1 is 0.811 bits per heavy atom. The average Bonchev–Trinajstić information content (AvgIpc) is 3.48. The van der Waals surface area contributed by atoms with Crippen LogP contribution in [0.3, 0.4) is 0 Å². The number of carbonyl (C=O) groups excluding carboxylic acids is 5. The molecule has 3 fully saturated rings. The lowest BCUT2D eigenvalue weighted by atomic mass is 9.56. The lowest BCUT2D eigenvalue weighted by Gasteiger charge is -2.50. The van der Waals surface area contributed by atoms with Gasteiger partial charge in [0.05, 0.1) is 31.7 Å². The molecule has 6 atom stereocenters. The fourth-order valence-corrected chi connectivity index (χ4v) is 9.06. The summed E-state index contributed by atoms with van der Waals surface area (Å²) in [6.07, 6.45) is 0.716. The minimum absolute atomic E-state index is 0.0280. The highest BCUT2D eigenvalue weighted by molar-refractivity contribution is 6.58. The number of halogens is 7. The second-order valence-corrected chi connectivity index (χ2v) is 14.3. The molecule has 10 nitrogen and oxygen atoms in total. The van der Waals surface area contributed by atoms with E-state index in [4.69, 9.17) is 32.7 Å². The summed E-state index contributed by atoms with van der Waals surface area (Å²) in [6, 6.07) is 8.09. The summed E-state index contributed by atoms with van der Waals surface area (Å²) in [5, 5.41) is 10.7. The molecule has 0 bridgehead atoms. The van der Waals surface area contributed by atoms with Crippen molar-refractivity contribution in [3.8, 4) is 17.2 Å². The van der Waals surface area contributed by atoms with Crippen molar-refractivity contribution in [2.75, 3.05) is 24.0 Å². The van der Waals surface area contributed by atoms with Crippen molar-refractivity contribution in [1.82, 2.24) is 0 Å². The van der Waals surface area contributed by atoms with E-state index in [9.17, 15) is 42.3 Å². The predicted octanol–water partition coefficient (Wildman–Crippen LogP) is 6.08. The molecule has 2 heterocycles. The van der Waals surface area contributed by atoms with Gasteiger partial charge in [-0.05, 0) is 67.6 Å². The van der Waals surface area contributed by atoms with E-state index in [0.717, 1.165) is 4.90 Å². The van der Waals surface area contributed by atoms with Crippen LogP contribution in [-0.4, -0.2) is 58.5 Å². The number of anilines is 2. The van der Waals surface area contributed by atoms with Crippen molar-refractivity contribution in [1.29, 1.82) is 0 Å². The summed E-state index contributed by atoms with van der Waals surface area (Å²) in [4.78, 5) is 64.0. The van der Waals surface area contributed by atoms with Gasteiger partial charge in [0.2, 0.25) is 23.4 Å². The van der Waals surface area contributed by atoms with Crippen molar-refractivity contribution >= 4 is 64.0 Å². The quantitative estimate of drug-likeness (QED) is 0.0607. The number of alkyl halides is 2. The molecular weight excluding hydrogens is 754 g/mol. The molecule has 4 aliphatic rings. The molecule has 0 radical (unpaired) electrons. The largest absolute Gasteiger partial charge is 0.502 e. The zero-order valence-corrected chi connectivity index (χ0v) is 29.1. The monoisotopic (exact) mass is 778 g/mol. The summed E-state index contributed by atoms with van der Waals surface area (Å²) in [7, 11) is 2.37. The highest BCUT2D eigenvalue weighted by atomic mass is 35.5. The van der Waals surface area contributed by atoms with Gasteiger partial charge in [-0.2, -0.15) is 0 Å². The van der Waals surface area contributed by atoms with Gasteiger partial charge in [0.1, 0.15) is 5.69 Å². The van der Waals surface area contributed by atoms with Crippen LogP contribution in [-0.2, 0) is 19.2 Å². The van der Waals surface area contributed by atoms with Crippen LogP contribution in [0.2, 0.25) is 0 Å². The summed E-state index contributed by atoms with van der Waals surface area (Å²) in [6.45, 7) is 1.34. The molecule has 3 aromatic rings. The van der Waals surface area contributed by atoms with E-state index in [1.165, 1.54) is 63.6 Å². The zero-order chi connectivity index (χ0) is 38.6. The number of amides is 4. The van der Waals surface area contributed by atoms with E-state index in [1.54, 1.807) is 0 Å². The number of carbonyl (C=O) groups is 5. The summed E-state index contributed by atoms with van der Waals surface area (Å²) >= 11 is 14.3. The van der Waals surface area contributed by atoms with Crippen LogP contribution < -0.4 is 19.3 Å². The number of phenolic OH excluding ortho intramolecular Hbond substituents is 1. The average molecular weight is 779 g/mol. The fourth-order valence-electron chi connectivity index (χ4n) is 8.12. The third kappa shape index (κ3) is 4.72. The molecule has 2 saturated heterocycles. The number of fused-ring (bicyclic) bond motifs is 4. The number of imide groups is 2. The van der Waals surface area contributed by atoms with Gasteiger partial charge < -0.3 is 14.6 Å². The molecule has 1 saturated carbocycles. The van der Waals surface area contributed by atoms with Crippen molar-refractivity contribution in [3.05, 3.63) is 88.3 Å². The van der Waals surface area contributed by atoms with Crippen LogP contribution in [0.4, 0.5) is 33.3 Å². The number of ketones is 1. The number of Topliss-reactive ketones (excluding diaryl/α,β-unsaturated/α-hetero) is 1. The maximum Gasteiger partial charge on any atom is 0.258 e. The number of rotatable bonds is 6. The van der Waals surface area contributed by atoms with Gasteiger partial charge in [0.25, 0.3) is 11.8 Å². The number of ether oxygens (including phenoxy) is 2. The molecule has 17 heteroatoms. The van der Waals surface area contributed by atoms with Crippen LogP contribution >= 0.6 is 23.2 Å². The number of phenols is 1. The standard InChI is InChI=1S/C36H25Cl2F5N2O8/c1-13(46)14-4-6-16(7-5-14)44-31(48)18-9-8-17-19(22(18)32(44)49)12-35(37)33(50)45(29-27(42)25(40)24(39)26(41)28(29)43)34(51)36(35,38)23(17)15-10-20(52-2)30(47)21(11-15)53-3/h4-8,10-11,18-19,22-23,47H,9,12H2,1-3H3/t18-,19+,22-,23-,35+,36-/m0/s1. The number of methoxy groups -OCH3 is 2. The van der Waals surface area contributed by atoms with E-state index in [-0.39, 0.29) is 45.4 Å². The third-order valence-electron chi connectivity index (χ3n) is 10.6. The first-order valence-corrected chi connectivity index (χ1v) is 16.6. The summed E-state index contributed by atoms with van der Waals surface area (Å²) in [5.41, 5.74) is -1.30. The smallest absolute Gasteiger partial charge is 0.258 e. The number of nitrogens with zero attached hydrogens (tertiary/aromatic N) is 2. The Morgan fingerprint density at radius 3 is 1.89 bits per heavy atom.